The molecule has 0 aliphatic carbocycles. The normalized spacial score (nSPS) is 17.9. The van der Waals surface area contributed by atoms with Crippen LogP contribution in [0.25, 0.3) is 0 Å². The molecule has 0 radical (unpaired) electrons. The van der Waals surface area contributed by atoms with Crippen molar-refractivity contribution in [2.45, 2.75) is 26.7 Å². The van der Waals surface area contributed by atoms with E-state index in [1.807, 2.05) is 0 Å². The van der Waals surface area contributed by atoms with Crippen LogP contribution in [0.2, 0.25) is 0 Å². The van der Waals surface area contributed by atoms with Gasteiger partial charge in [0.15, 0.2) is 0 Å². The number of carboxylic acid groups (broad SMARTS) is 1. The lowest BCUT2D eigenvalue weighted by molar-refractivity contribution is -0.150. The van der Waals surface area contributed by atoms with Crippen LogP contribution in [0.3, 0.4) is 0 Å². The van der Waals surface area contributed by atoms with Crippen LogP contribution in [0.15, 0.2) is 0 Å². The fourth-order valence-electron chi connectivity index (χ4n) is 1.74. The van der Waals surface area contributed by atoms with Gasteiger partial charge in [0.1, 0.15) is 0 Å². The van der Waals surface area contributed by atoms with Crippen molar-refractivity contribution in [2.75, 3.05) is 19.6 Å². The summed E-state index contributed by atoms with van der Waals surface area (Å²) in [5.41, 5.74) is -0.694. The molecule has 0 spiro atoms. The molecule has 0 atom stereocenters. The largest absolute Gasteiger partial charge is 0.481 e. The molecule has 0 bridgehead atoms. The molecule has 5 heteroatoms. The molecule has 0 aromatic heterocycles. The van der Waals surface area contributed by atoms with Gasteiger partial charge in [-0.25, -0.2) is 4.79 Å². The van der Waals surface area contributed by atoms with Crippen molar-refractivity contribution in [3.05, 3.63) is 0 Å². The lowest BCUT2D eigenvalue weighted by Crippen LogP contribution is -2.48. The molecule has 0 unspecified atom stereocenters. The number of likely N-dealkylation sites (tertiary alicyclic amines) is 1. The van der Waals surface area contributed by atoms with Gasteiger partial charge in [0.25, 0.3) is 0 Å². The van der Waals surface area contributed by atoms with E-state index in [1.165, 1.54) is 0 Å². The first-order valence-corrected chi connectivity index (χ1v) is 5.65. The molecule has 1 aliphatic rings. The Balaban J connectivity index is 2.43. The Bertz CT molecular complexity index is 360. The first kappa shape index (κ1) is 13.4. The summed E-state index contributed by atoms with van der Waals surface area (Å²) in [5.74, 6) is 4.66. The second kappa shape index (κ2) is 5.58. The van der Waals surface area contributed by atoms with Crippen LogP contribution in [-0.2, 0) is 4.79 Å². The van der Waals surface area contributed by atoms with Crippen molar-refractivity contribution in [1.29, 1.82) is 0 Å². The molecule has 1 fully saturated rings. The Morgan fingerprint density at radius 1 is 1.41 bits per heavy atom. The summed E-state index contributed by atoms with van der Waals surface area (Å²) in [7, 11) is 0. The molecule has 1 heterocycles. The number of hydrogen-bond donors (Lipinski definition) is 2. The number of carboxylic acids is 1. The second-order valence-corrected chi connectivity index (χ2v) is 4.44. The molecule has 17 heavy (non-hydrogen) atoms. The topological polar surface area (TPSA) is 69.6 Å². The van der Waals surface area contributed by atoms with E-state index < -0.39 is 11.4 Å². The van der Waals surface area contributed by atoms with E-state index >= 15 is 0 Å². The fraction of sp³-hybridized carbons (Fsp3) is 0.667. The molecule has 0 aromatic rings. The minimum atomic E-state index is -0.783. The highest BCUT2D eigenvalue weighted by atomic mass is 16.4. The van der Waals surface area contributed by atoms with E-state index in [9.17, 15) is 9.59 Å². The average molecular weight is 238 g/mol. The van der Waals surface area contributed by atoms with Crippen LogP contribution in [0.4, 0.5) is 4.79 Å². The van der Waals surface area contributed by atoms with E-state index in [0.717, 1.165) is 0 Å². The van der Waals surface area contributed by atoms with Gasteiger partial charge in [-0.15, -0.1) is 5.92 Å². The summed E-state index contributed by atoms with van der Waals surface area (Å²) >= 11 is 0. The number of nitrogens with one attached hydrogen (secondary N) is 1. The van der Waals surface area contributed by atoms with Gasteiger partial charge in [-0.1, -0.05) is 5.92 Å². The molecule has 2 amide bonds. The SMILES string of the molecule is CC#CCNC(=O)N1CCC(C)(C(=O)O)CC1. The van der Waals surface area contributed by atoms with Gasteiger partial charge >= 0.3 is 12.0 Å². The van der Waals surface area contributed by atoms with Crippen molar-refractivity contribution in [3.63, 3.8) is 0 Å². The Kier molecular flexibility index (Phi) is 4.38. The first-order valence-electron chi connectivity index (χ1n) is 5.65. The lowest BCUT2D eigenvalue weighted by Gasteiger charge is -2.36. The number of carbonyl (C=O) groups is 2. The smallest absolute Gasteiger partial charge is 0.318 e. The maximum Gasteiger partial charge on any atom is 0.318 e. The van der Waals surface area contributed by atoms with E-state index in [2.05, 4.69) is 17.2 Å². The Labute approximate surface area is 101 Å². The van der Waals surface area contributed by atoms with Crippen LogP contribution in [0.1, 0.15) is 26.7 Å². The highest BCUT2D eigenvalue weighted by Crippen LogP contribution is 2.30. The van der Waals surface area contributed by atoms with Crippen molar-refractivity contribution < 1.29 is 14.7 Å². The molecule has 2 N–H and O–H groups in total. The molecule has 1 rings (SSSR count). The summed E-state index contributed by atoms with van der Waals surface area (Å²) in [6, 6.07) is -0.166. The van der Waals surface area contributed by atoms with E-state index in [4.69, 9.17) is 5.11 Å². The zero-order valence-corrected chi connectivity index (χ0v) is 10.2. The van der Waals surface area contributed by atoms with Crippen LogP contribution in [-0.4, -0.2) is 41.6 Å². The molecule has 0 saturated carbocycles. The third-order valence-corrected chi connectivity index (χ3v) is 3.18. The Morgan fingerprint density at radius 2 is 2.00 bits per heavy atom. The number of carbonyl (C=O) groups excluding carboxylic acids is 1. The summed E-state index contributed by atoms with van der Waals surface area (Å²) in [6.07, 6.45) is 0.990. The Hall–Kier alpha value is -1.70. The maximum absolute atomic E-state index is 11.7. The molecule has 94 valence electrons. The average Bonchev–Trinajstić information content (AvgIpc) is 2.30. The second-order valence-electron chi connectivity index (χ2n) is 4.44. The summed E-state index contributed by atoms with van der Waals surface area (Å²) in [6.45, 7) is 4.74. The van der Waals surface area contributed by atoms with Gasteiger partial charge in [-0.05, 0) is 26.7 Å². The molecule has 0 aromatic carbocycles. The van der Waals surface area contributed by atoms with Gasteiger partial charge in [0.2, 0.25) is 0 Å². The van der Waals surface area contributed by atoms with Gasteiger partial charge in [0, 0.05) is 13.1 Å². The van der Waals surface area contributed by atoms with Gasteiger partial charge < -0.3 is 15.3 Å². The predicted molar refractivity (Wildman–Crippen MR) is 63.4 cm³/mol. The van der Waals surface area contributed by atoms with Crippen molar-refractivity contribution >= 4 is 12.0 Å². The zero-order valence-electron chi connectivity index (χ0n) is 10.2. The summed E-state index contributed by atoms with van der Waals surface area (Å²) in [4.78, 5) is 24.3. The number of hydrogen-bond acceptors (Lipinski definition) is 2. The summed E-state index contributed by atoms with van der Waals surface area (Å²) in [5, 5.41) is 11.7. The van der Waals surface area contributed by atoms with Crippen molar-refractivity contribution in [1.82, 2.24) is 10.2 Å². The van der Waals surface area contributed by atoms with Gasteiger partial charge in [-0.2, -0.15) is 0 Å². The minimum absolute atomic E-state index is 0.166. The van der Waals surface area contributed by atoms with E-state index in [-0.39, 0.29) is 6.03 Å². The van der Waals surface area contributed by atoms with Crippen LogP contribution in [0.5, 0.6) is 0 Å². The number of nitrogens with zero attached hydrogens (tertiary/aromatic N) is 1. The minimum Gasteiger partial charge on any atom is -0.481 e. The van der Waals surface area contributed by atoms with Gasteiger partial charge in [-0.3, -0.25) is 4.79 Å². The van der Waals surface area contributed by atoms with E-state index in [1.54, 1.807) is 18.7 Å². The first-order chi connectivity index (χ1) is 7.99. The number of piperidine rings is 1. The third-order valence-electron chi connectivity index (χ3n) is 3.18. The fourth-order valence-corrected chi connectivity index (χ4v) is 1.74. The molecule has 5 nitrogen and oxygen atoms in total. The summed E-state index contributed by atoms with van der Waals surface area (Å²) < 4.78 is 0. The molecule has 1 saturated heterocycles. The van der Waals surface area contributed by atoms with Crippen LogP contribution in [0, 0.1) is 17.3 Å². The number of urea groups is 1. The van der Waals surface area contributed by atoms with E-state index in [0.29, 0.717) is 32.5 Å². The van der Waals surface area contributed by atoms with Gasteiger partial charge in [0.05, 0.1) is 12.0 Å². The monoisotopic (exact) mass is 238 g/mol. The van der Waals surface area contributed by atoms with Crippen molar-refractivity contribution in [3.8, 4) is 11.8 Å². The highest BCUT2D eigenvalue weighted by Gasteiger charge is 2.37. The van der Waals surface area contributed by atoms with Crippen LogP contribution >= 0.6 is 0 Å². The van der Waals surface area contributed by atoms with Crippen LogP contribution < -0.4 is 5.32 Å². The molecular formula is C12H18N2O3. The number of rotatable bonds is 2. The van der Waals surface area contributed by atoms with Crippen molar-refractivity contribution in [2.24, 2.45) is 5.41 Å². The lowest BCUT2D eigenvalue weighted by atomic mass is 9.80. The highest BCUT2D eigenvalue weighted by molar-refractivity contribution is 5.77. The maximum atomic E-state index is 11.7. The predicted octanol–water partition coefficient (Wildman–Crippen LogP) is 0.906. The number of aliphatic carboxylic acids is 1. The quantitative estimate of drug-likeness (QED) is 0.702. The standard InChI is InChI=1S/C12H18N2O3/c1-3-4-7-13-11(17)14-8-5-12(2,6-9-14)10(15)16/h5-9H2,1-2H3,(H,13,17)(H,15,16). The molecule has 1 aliphatic heterocycles. The third kappa shape index (κ3) is 3.38. The molecular weight excluding hydrogens is 220 g/mol. The Morgan fingerprint density at radius 3 is 2.47 bits per heavy atom. The zero-order chi connectivity index (χ0) is 12.9. The number of amides is 2.